The highest BCUT2D eigenvalue weighted by Crippen LogP contribution is 2.26. The van der Waals surface area contributed by atoms with Gasteiger partial charge in [0.05, 0.1) is 5.56 Å². The Balaban J connectivity index is 2.15. The molecule has 0 spiro atoms. The zero-order valence-corrected chi connectivity index (χ0v) is 11.6. The van der Waals surface area contributed by atoms with Crippen molar-refractivity contribution in [3.05, 3.63) is 29.6 Å². The highest BCUT2D eigenvalue weighted by Gasteiger charge is 2.28. The SMILES string of the molecule is CNCC1CCN(C(=O)c2ccc(F)cc2OC(F)F)C1. The van der Waals surface area contributed by atoms with E-state index >= 15 is 0 Å². The average Bonchev–Trinajstić information content (AvgIpc) is 2.86. The van der Waals surface area contributed by atoms with E-state index in [0.29, 0.717) is 19.0 Å². The van der Waals surface area contributed by atoms with E-state index in [9.17, 15) is 18.0 Å². The van der Waals surface area contributed by atoms with Crippen molar-refractivity contribution in [2.75, 3.05) is 26.7 Å². The van der Waals surface area contributed by atoms with Gasteiger partial charge in [-0.2, -0.15) is 8.78 Å². The maximum Gasteiger partial charge on any atom is 0.387 e. The lowest BCUT2D eigenvalue weighted by Crippen LogP contribution is -2.30. The van der Waals surface area contributed by atoms with E-state index in [1.807, 2.05) is 7.05 Å². The van der Waals surface area contributed by atoms with Crippen molar-refractivity contribution in [3.8, 4) is 5.75 Å². The highest BCUT2D eigenvalue weighted by molar-refractivity contribution is 5.97. The summed E-state index contributed by atoms with van der Waals surface area (Å²) in [5, 5.41) is 3.04. The molecule has 116 valence electrons. The van der Waals surface area contributed by atoms with Crippen LogP contribution in [0.3, 0.4) is 0 Å². The van der Waals surface area contributed by atoms with E-state index in [0.717, 1.165) is 25.1 Å². The van der Waals surface area contributed by atoms with Gasteiger partial charge in [0.15, 0.2) is 0 Å². The summed E-state index contributed by atoms with van der Waals surface area (Å²) in [5.74, 6) is -1.23. The van der Waals surface area contributed by atoms with Gasteiger partial charge >= 0.3 is 6.61 Å². The summed E-state index contributed by atoms with van der Waals surface area (Å²) in [4.78, 5) is 13.9. The number of nitrogens with zero attached hydrogens (tertiary/aromatic N) is 1. The number of carbonyl (C=O) groups is 1. The largest absolute Gasteiger partial charge is 0.434 e. The molecule has 1 aromatic carbocycles. The quantitative estimate of drug-likeness (QED) is 0.906. The number of carbonyl (C=O) groups excluding carboxylic acids is 1. The lowest BCUT2D eigenvalue weighted by atomic mass is 10.1. The van der Waals surface area contributed by atoms with Gasteiger partial charge < -0.3 is 15.0 Å². The van der Waals surface area contributed by atoms with Crippen LogP contribution < -0.4 is 10.1 Å². The number of likely N-dealkylation sites (tertiary alicyclic amines) is 1. The minimum Gasteiger partial charge on any atom is -0.434 e. The molecule has 1 aromatic rings. The van der Waals surface area contributed by atoms with Crippen molar-refractivity contribution in [1.82, 2.24) is 10.2 Å². The molecular formula is C14H17F3N2O2. The normalized spacial score (nSPS) is 18.3. The Bertz CT molecular complexity index is 511. The van der Waals surface area contributed by atoms with Crippen molar-refractivity contribution >= 4 is 5.91 Å². The van der Waals surface area contributed by atoms with Crippen molar-refractivity contribution in [2.24, 2.45) is 5.92 Å². The number of ether oxygens (including phenoxy) is 1. The van der Waals surface area contributed by atoms with Gasteiger partial charge in [0, 0.05) is 19.2 Å². The van der Waals surface area contributed by atoms with Crippen molar-refractivity contribution in [1.29, 1.82) is 0 Å². The van der Waals surface area contributed by atoms with Crippen LogP contribution in [0.1, 0.15) is 16.8 Å². The number of halogens is 3. The standard InChI is InChI=1S/C14H17F3N2O2/c1-18-7-9-4-5-19(8-9)13(20)11-3-2-10(15)6-12(11)21-14(16)17/h2-3,6,9,14,18H,4-5,7-8H2,1H3. The number of hydrogen-bond acceptors (Lipinski definition) is 3. The van der Waals surface area contributed by atoms with Crippen LogP contribution in [0.2, 0.25) is 0 Å². The van der Waals surface area contributed by atoms with Crippen LogP contribution in [-0.2, 0) is 0 Å². The Kier molecular flexibility index (Phi) is 5.06. The first kappa shape index (κ1) is 15.6. The summed E-state index contributed by atoms with van der Waals surface area (Å²) in [6, 6.07) is 3.05. The minimum absolute atomic E-state index is 0.0400. The van der Waals surface area contributed by atoms with Gasteiger partial charge in [-0.1, -0.05) is 0 Å². The predicted octanol–water partition coefficient (Wildman–Crippen LogP) is 2.11. The molecule has 1 atom stereocenters. The van der Waals surface area contributed by atoms with Gasteiger partial charge in [0.1, 0.15) is 11.6 Å². The van der Waals surface area contributed by atoms with E-state index in [1.165, 1.54) is 6.07 Å². The van der Waals surface area contributed by atoms with Crippen molar-refractivity contribution in [3.63, 3.8) is 0 Å². The van der Waals surface area contributed by atoms with Crippen LogP contribution in [0.4, 0.5) is 13.2 Å². The first-order chi connectivity index (χ1) is 10.0. The zero-order valence-electron chi connectivity index (χ0n) is 11.6. The zero-order chi connectivity index (χ0) is 15.4. The van der Waals surface area contributed by atoms with Gasteiger partial charge in [-0.25, -0.2) is 4.39 Å². The lowest BCUT2D eigenvalue weighted by molar-refractivity contribution is -0.0504. The maximum atomic E-state index is 13.1. The van der Waals surface area contributed by atoms with Gasteiger partial charge in [0.2, 0.25) is 0 Å². The predicted molar refractivity (Wildman–Crippen MR) is 71.0 cm³/mol. The third kappa shape index (κ3) is 3.87. The van der Waals surface area contributed by atoms with Crippen molar-refractivity contribution in [2.45, 2.75) is 13.0 Å². The summed E-state index contributed by atoms with van der Waals surface area (Å²) in [5.41, 5.74) is -0.0400. The van der Waals surface area contributed by atoms with Crippen LogP contribution in [0, 0.1) is 11.7 Å². The molecule has 1 amide bonds. The Hall–Kier alpha value is -1.76. The van der Waals surface area contributed by atoms with E-state index < -0.39 is 24.1 Å². The molecule has 0 radical (unpaired) electrons. The second-order valence-corrected chi connectivity index (χ2v) is 4.98. The summed E-state index contributed by atoms with van der Waals surface area (Å²) in [7, 11) is 1.83. The molecule has 0 bridgehead atoms. The van der Waals surface area contributed by atoms with Crippen LogP contribution in [0.5, 0.6) is 5.75 Å². The lowest BCUT2D eigenvalue weighted by Gasteiger charge is -2.18. The van der Waals surface area contributed by atoms with Gasteiger partial charge in [-0.05, 0) is 38.1 Å². The van der Waals surface area contributed by atoms with Gasteiger partial charge in [-0.15, -0.1) is 0 Å². The van der Waals surface area contributed by atoms with Crippen LogP contribution in [-0.4, -0.2) is 44.1 Å². The monoisotopic (exact) mass is 302 g/mol. The molecule has 1 saturated heterocycles. The summed E-state index contributed by atoms with van der Waals surface area (Å²) in [6.45, 7) is -1.22. The van der Waals surface area contributed by atoms with E-state index in [2.05, 4.69) is 10.1 Å². The highest BCUT2D eigenvalue weighted by atomic mass is 19.3. The molecule has 1 aliphatic rings. The number of benzene rings is 1. The van der Waals surface area contributed by atoms with E-state index in [4.69, 9.17) is 0 Å². The molecule has 4 nitrogen and oxygen atoms in total. The van der Waals surface area contributed by atoms with Gasteiger partial charge in [-0.3, -0.25) is 4.79 Å². The molecule has 2 rings (SSSR count). The molecule has 0 aliphatic carbocycles. The van der Waals surface area contributed by atoms with Crippen molar-refractivity contribution < 1.29 is 22.7 Å². The molecule has 0 saturated carbocycles. The Labute approximate surface area is 120 Å². The van der Waals surface area contributed by atoms with E-state index in [-0.39, 0.29) is 5.56 Å². The smallest absolute Gasteiger partial charge is 0.387 e. The molecule has 0 aromatic heterocycles. The molecular weight excluding hydrogens is 285 g/mol. The molecule has 1 unspecified atom stereocenters. The average molecular weight is 302 g/mol. The third-order valence-electron chi connectivity index (χ3n) is 3.46. The fraction of sp³-hybridized carbons (Fsp3) is 0.500. The molecule has 1 aliphatic heterocycles. The Morgan fingerprint density at radius 1 is 1.52 bits per heavy atom. The third-order valence-corrected chi connectivity index (χ3v) is 3.46. The number of hydrogen-bond donors (Lipinski definition) is 1. The molecule has 21 heavy (non-hydrogen) atoms. The van der Waals surface area contributed by atoms with Gasteiger partial charge in [0.25, 0.3) is 5.91 Å². The molecule has 1 fully saturated rings. The molecule has 7 heteroatoms. The number of rotatable bonds is 5. The fourth-order valence-electron chi connectivity index (χ4n) is 2.51. The first-order valence-corrected chi connectivity index (χ1v) is 6.69. The Morgan fingerprint density at radius 3 is 2.95 bits per heavy atom. The number of amides is 1. The topological polar surface area (TPSA) is 41.6 Å². The fourth-order valence-corrected chi connectivity index (χ4v) is 2.51. The van der Waals surface area contributed by atoms with Crippen LogP contribution in [0.15, 0.2) is 18.2 Å². The van der Waals surface area contributed by atoms with Crippen LogP contribution >= 0.6 is 0 Å². The van der Waals surface area contributed by atoms with E-state index in [1.54, 1.807) is 4.90 Å². The second-order valence-electron chi connectivity index (χ2n) is 4.98. The number of nitrogens with one attached hydrogen (secondary N) is 1. The number of alkyl halides is 2. The summed E-state index contributed by atoms with van der Waals surface area (Å²) >= 11 is 0. The summed E-state index contributed by atoms with van der Waals surface area (Å²) in [6.07, 6.45) is 0.846. The minimum atomic E-state index is -3.10. The molecule has 1 heterocycles. The summed E-state index contributed by atoms with van der Waals surface area (Å²) < 4.78 is 42.1. The first-order valence-electron chi connectivity index (χ1n) is 6.69. The second kappa shape index (κ2) is 6.80. The maximum absolute atomic E-state index is 13.1. The van der Waals surface area contributed by atoms with Crippen LogP contribution in [0.25, 0.3) is 0 Å². The molecule has 1 N–H and O–H groups in total. The Morgan fingerprint density at radius 2 is 2.29 bits per heavy atom.